The Morgan fingerprint density at radius 1 is 1.47 bits per heavy atom. The summed E-state index contributed by atoms with van der Waals surface area (Å²) in [5, 5.41) is 17.6. The van der Waals surface area contributed by atoms with Crippen molar-refractivity contribution in [3.05, 3.63) is 24.0 Å². The standard InChI is InChI=1S/C11H13N3O4S/c1-7(2)10(11(15)16)14-19(17,18)9-3-8(4-12)5-13-6-9/h3,5-7,10,14H,1-2H3,(H,15,16). The van der Waals surface area contributed by atoms with E-state index in [2.05, 4.69) is 9.71 Å². The van der Waals surface area contributed by atoms with Crippen molar-refractivity contribution in [1.29, 1.82) is 5.26 Å². The van der Waals surface area contributed by atoms with Crippen molar-refractivity contribution in [3.63, 3.8) is 0 Å². The molecule has 102 valence electrons. The predicted octanol–water partition coefficient (Wildman–Crippen LogP) is 0.341. The van der Waals surface area contributed by atoms with Crippen LogP contribution in [0.4, 0.5) is 0 Å². The summed E-state index contributed by atoms with van der Waals surface area (Å²) in [6.45, 7) is 3.18. The fourth-order valence-corrected chi connectivity index (χ4v) is 2.66. The molecule has 0 spiro atoms. The lowest BCUT2D eigenvalue weighted by Gasteiger charge is -2.17. The van der Waals surface area contributed by atoms with E-state index in [1.54, 1.807) is 19.9 Å². The average Bonchev–Trinajstić information content (AvgIpc) is 2.35. The van der Waals surface area contributed by atoms with Gasteiger partial charge >= 0.3 is 5.97 Å². The van der Waals surface area contributed by atoms with Crippen molar-refractivity contribution in [2.24, 2.45) is 5.92 Å². The summed E-state index contributed by atoms with van der Waals surface area (Å²) in [7, 11) is -4.03. The quantitative estimate of drug-likeness (QED) is 0.804. The first-order valence-corrected chi connectivity index (χ1v) is 6.86. The minimum absolute atomic E-state index is 0.0827. The summed E-state index contributed by atoms with van der Waals surface area (Å²) < 4.78 is 26.1. The van der Waals surface area contributed by atoms with Gasteiger partial charge in [-0.25, -0.2) is 8.42 Å². The van der Waals surface area contributed by atoms with Crippen LogP contribution in [0.3, 0.4) is 0 Å². The summed E-state index contributed by atoms with van der Waals surface area (Å²) in [5.41, 5.74) is 0.0827. The van der Waals surface area contributed by atoms with Crippen LogP contribution in [0, 0.1) is 17.2 Å². The van der Waals surface area contributed by atoms with Crippen LogP contribution in [0.25, 0.3) is 0 Å². The molecule has 0 aromatic carbocycles. The maximum atomic E-state index is 12.0. The molecule has 0 aliphatic heterocycles. The summed E-state index contributed by atoms with van der Waals surface area (Å²) in [4.78, 5) is 14.4. The molecule has 19 heavy (non-hydrogen) atoms. The Labute approximate surface area is 110 Å². The van der Waals surface area contributed by atoms with E-state index in [0.29, 0.717) is 0 Å². The first-order chi connectivity index (χ1) is 8.77. The number of aromatic nitrogens is 1. The molecule has 0 amide bonds. The highest BCUT2D eigenvalue weighted by Gasteiger charge is 2.28. The largest absolute Gasteiger partial charge is 0.480 e. The van der Waals surface area contributed by atoms with Crippen molar-refractivity contribution < 1.29 is 18.3 Å². The van der Waals surface area contributed by atoms with Gasteiger partial charge < -0.3 is 5.11 Å². The van der Waals surface area contributed by atoms with E-state index in [1.165, 1.54) is 6.20 Å². The molecule has 0 saturated heterocycles. The summed E-state index contributed by atoms with van der Waals surface area (Å²) in [5.74, 6) is -1.68. The molecule has 0 aliphatic rings. The van der Waals surface area contributed by atoms with Gasteiger partial charge in [-0.15, -0.1) is 0 Å². The van der Waals surface area contributed by atoms with Crippen LogP contribution < -0.4 is 4.72 Å². The molecule has 0 aliphatic carbocycles. The molecule has 1 atom stereocenters. The Morgan fingerprint density at radius 3 is 2.58 bits per heavy atom. The van der Waals surface area contributed by atoms with Gasteiger partial charge in [0.2, 0.25) is 10.0 Å². The number of sulfonamides is 1. The number of carboxylic acids is 1. The normalized spacial score (nSPS) is 12.9. The predicted molar refractivity (Wildman–Crippen MR) is 65.5 cm³/mol. The first-order valence-electron chi connectivity index (χ1n) is 5.38. The molecule has 0 bridgehead atoms. The lowest BCUT2D eigenvalue weighted by molar-refractivity contribution is -0.140. The van der Waals surface area contributed by atoms with Crippen LogP contribution in [0.5, 0.6) is 0 Å². The number of aliphatic carboxylic acids is 1. The number of rotatable bonds is 5. The zero-order valence-electron chi connectivity index (χ0n) is 10.4. The van der Waals surface area contributed by atoms with Gasteiger partial charge in [0.25, 0.3) is 0 Å². The number of nitriles is 1. The summed E-state index contributed by atoms with van der Waals surface area (Å²) in [6, 6.07) is 1.66. The van der Waals surface area contributed by atoms with Crippen LogP contribution in [-0.4, -0.2) is 30.5 Å². The lowest BCUT2D eigenvalue weighted by Crippen LogP contribution is -2.44. The Bertz CT molecular complexity index is 619. The second kappa shape index (κ2) is 5.77. The Morgan fingerprint density at radius 2 is 2.11 bits per heavy atom. The molecule has 1 aromatic rings. The van der Waals surface area contributed by atoms with E-state index in [-0.39, 0.29) is 10.5 Å². The van der Waals surface area contributed by atoms with Crippen molar-refractivity contribution >= 4 is 16.0 Å². The summed E-state index contributed by atoms with van der Waals surface area (Å²) >= 11 is 0. The van der Waals surface area contributed by atoms with Gasteiger partial charge in [-0.3, -0.25) is 9.78 Å². The number of carbonyl (C=O) groups is 1. The van der Waals surface area contributed by atoms with Gasteiger partial charge in [0.15, 0.2) is 0 Å². The SMILES string of the molecule is CC(C)C(NS(=O)(=O)c1cncc(C#N)c1)C(=O)O. The zero-order chi connectivity index (χ0) is 14.6. The monoisotopic (exact) mass is 283 g/mol. The smallest absolute Gasteiger partial charge is 0.322 e. The molecule has 0 fully saturated rings. The van der Waals surface area contributed by atoms with Crippen LogP contribution >= 0.6 is 0 Å². The third-order valence-corrected chi connectivity index (χ3v) is 3.78. The number of pyridine rings is 1. The van der Waals surface area contributed by atoms with E-state index in [1.807, 2.05) is 0 Å². The van der Waals surface area contributed by atoms with Crippen molar-refractivity contribution in [1.82, 2.24) is 9.71 Å². The number of nitrogens with one attached hydrogen (secondary N) is 1. The number of hydrogen-bond donors (Lipinski definition) is 2. The topological polar surface area (TPSA) is 120 Å². The summed E-state index contributed by atoms with van der Waals surface area (Å²) in [6.07, 6.45) is 2.28. The van der Waals surface area contributed by atoms with Gasteiger partial charge in [-0.2, -0.15) is 9.98 Å². The Balaban J connectivity index is 3.11. The number of nitrogens with zero attached hydrogens (tertiary/aromatic N) is 2. The molecule has 1 heterocycles. The third kappa shape index (κ3) is 3.74. The lowest BCUT2D eigenvalue weighted by atomic mass is 10.1. The fraction of sp³-hybridized carbons (Fsp3) is 0.364. The minimum atomic E-state index is -4.03. The van der Waals surface area contributed by atoms with Crippen molar-refractivity contribution in [3.8, 4) is 6.07 Å². The Kier molecular flexibility index (Phi) is 4.58. The fourth-order valence-electron chi connectivity index (χ4n) is 1.33. The molecule has 1 aromatic heterocycles. The zero-order valence-corrected chi connectivity index (χ0v) is 11.2. The first kappa shape index (κ1) is 15.1. The van der Waals surface area contributed by atoms with Gasteiger partial charge in [0.1, 0.15) is 17.0 Å². The molecular weight excluding hydrogens is 270 g/mol. The molecular formula is C11H13N3O4S. The van der Waals surface area contributed by atoms with Crippen molar-refractivity contribution in [2.45, 2.75) is 24.8 Å². The molecule has 8 heteroatoms. The van der Waals surface area contributed by atoms with E-state index < -0.39 is 28.0 Å². The van der Waals surface area contributed by atoms with Gasteiger partial charge in [-0.1, -0.05) is 13.8 Å². The van der Waals surface area contributed by atoms with E-state index in [4.69, 9.17) is 10.4 Å². The van der Waals surface area contributed by atoms with E-state index >= 15 is 0 Å². The van der Waals surface area contributed by atoms with Crippen LogP contribution in [0.1, 0.15) is 19.4 Å². The van der Waals surface area contributed by atoms with Crippen LogP contribution in [-0.2, 0) is 14.8 Å². The maximum Gasteiger partial charge on any atom is 0.322 e. The van der Waals surface area contributed by atoms with Gasteiger partial charge in [-0.05, 0) is 12.0 Å². The van der Waals surface area contributed by atoms with Gasteiger partial charge in [0, 0.05) is 12.4 Å². The number of carboxylic acid groups (broad SMARTS) is 1. The third-order valence-electron chi connectivity index (χ3n) is 2.37. The molecule has 7 nitrogen and oxygen atoms in total. The second-order valence-electron chi connectivity index (χ2n) is 4.20. The van der Waals surface area contributed by atoms with Crippen molar-refractivity contribution in [2.75, 3.05) is 0 Å². The highest BCUT2D eigenvalue weighted by molar-refractivity contribution is 7.89. The molecule has 2 N–H and O–H groups in total. The van der Waals surface area contributed by atoms with E-state index in [9.17, 15) is 13.2 Å². The molecule has 0 radical (unpaired) electrons. The second-order valence-corrected chi connectivity index (χ2v) is 5.92. The maximum absolute atomic E-state index is 12.0. The molecule has 1 rings (SSSR count). The highest BCUT2D eigenvalue weighted by atomic mass is 32.2. The molecule has 0 saturated carbocycles. The van der Waals surface area contributed by atoms with E-state index in [0.717, 1.165) is 12.3 Å². The highest BCUT2D eigenvalue weighted by Crippen LogP contribution is 2.12. The van der Waals surface area contributed by atoms with Gasteiger partial charge in [0.05, 0.1) is 5.56 Å². The average molecular weight is 283 g/mol. The Hall–Kier alpha value is -1.98. The molecule has 1 unspecified atom stereocenters. The number of hydrogen-bond acceptors (Lipinski definition) is 5. The van der Waals surface area contributed by atoms with Crippen LogP contribution in [0.2, 0.25) is 0 Å². The minimum Gasteiger partial charge on any atom is -0.480 e. The van der Waals surface area contributed by atoms with Crippen LogP contribution in [0.15, 0.2) is 23.4 Å².